The standard InChI is InChI=1S/C29H36N6O4/c1-38-13-14-39-12-11-32-19-24(18-30)23-4-2-3-22(15-23)16-28(37)35-27-17-26(7-9-34-27)33-10-8-29(20-31,21-36)25-5-6-25/h2-4,7,9,15,17-19,21,25,30,32H,5-6,8,10-14,16H2,1H3,(H2,33,34,35,37)/b24-19+,30-18?. The Bertz CT molecular complexity index is 1190. The van der Waals surface area contributed by atoms with Gasteiger partial charge in [0.2, 0.25) is 5.91 Å². The number of carbonyl (C=O) groups is 2. The van der Waals surface area contributed by atoms with E-state index in [1.165, 1.54) is 6.21 Å². The van der Waals surface area contributed by atoms with Gasteiger partial charge in [-0.15, -0.1) is 0 Å². The largest absolute Gasteiger partial charge is 0.388 e. The molecule has 0 radical (unpaired) electrons. The lowest BCUT2D eigenvalue weighted by molar-refractivity contribution is -0.116. The Morgan fingerprint density at radius 2 is 2.08 bits per heavy atom. The fraction of sp³-hybridized carbons (Fsp3) is 0.414. The van der Waals surface area contributed by atoms with Crippen molar-refractivity contribution < 1.29 is 19.1 Å². The van der Waals surface area contributed by atoms with Crippen molar-refractivity contribution in [3.05, 3.63) is 59.9 Å². The normalized spacial score (nSPS) is 14.5. The number of ether oxygens (including phenoxy) is 2. The number of nitrogens with one attached hydrogen (secondary N) is 4. The number of anilines is 2. The lowest BCUT2D eigenvalue weighted by Crippen LogP contribution is -2.26. The van der Waals surface area contributed by atoms with Crippen LogP contribution >= 0.6 is 0 Å². The highest BCUT2D eigenvalue weighted by Gasteiger charge is 2.45. The van der Waals surface area contributed by atoms with Crippen molar-refractivity contribution in [2.75, 3.05) is 50.7 Å². The highest BCUT2D eigenvalue weighted by Crippen LogP contribution is 2.46. The number of amides is 1. The summed E-state index contributed by atoms with van der Waals surface area (Å²) in [6.07, 6.45) is 7.82. The molecule has 39 heavy (non-hydrogen) atoms. The lowest BCUT2D eigenvalue weighted by atomic mass is 9.82. The van der Waals surface area contributed by atoms with Crippen molar-refractivity contribution in [1.82, 2.24) is 10.3 Å². The molecule has 10 nitrogen and oxygen atoms in total. The number of benzene rings is 1. The molecule has 1 fully saturated rings. The molecule has 1 aliphatic rings. The molecule has 1 atom stereocenters. The Balaban J connectivity index is 1.51. The smallest absolute Gasteiger partial charge is 0.229 e. The van der Waals surface area contributed by atoms with Crippen molar-refractivity contribution in [3.8, 4) is 6.07 Å². The van der Waals surface area contributed by atoms with Crippen LogP contribution in [0.5, 0.6) is 0 Å². The van der Waals surface area contributed by atoms with Gasteiger partial charge in [0, 0.05) is 56.1 Å². The SMILES string of the molecule is COCCOCCN/C=C(\C=N)c1cccc(CC(=O)Nc2cc(NCCC(C#N)(C=O)C3CC3)ccn2)c1. The van der Waals surface area contributed by atoms with Crippen LogP contribution in [0.25, 0.3) is 5.57 Å². The van der Waals surface area contributed by atoms with E-state index in [9.17, 15) is 14.9 Å². The molecule has 2 aromatic rings. The van der Waals surface area contributed by atoms with Crippen LogP contribution in [0.1, 0.15) is 30.4 Å². The number of hydrogen-bond acceptors (Lipinski definition) is 9. The molecule has 0 aliphatic heterocycles. The summed E-state index contributed by atoms with van der Waals surface area (Å²) in [6, 6.07) is 13.2. The molecule has 10 heteroatoms. The average molecular weight is 533 g/mol. The Morgan fingerprint density at radius 3 is 2.79 bits per heavy atom. The van der Waals surface area contributed by atoms with Crippen LogP contribution in [0.3, 0.4) is 0 Å². The molecular weight excluding hydrogens is 496 g/mol. The summed E-state index contributed by atoms with van der Waals surface area (Å²) < 4.78 is 10.4. The fourth-order valence-electron chi connectivity index (χ4n) is 4.15. The third-order valence-electron chi connectivity index (χ3n) is 6.48. The van der Waals surface area contributed by atoms with Crippen molar-refractivity contribution in [3.63, 3.8) is 0 Å². The number of allylic oxidation sites excluding steroid dienone is 1. The van der Waals surface area contributed by atoms with E-state index in [4.69, 9.17) is 14.9 Å². The number of carbonyl (C=O) groups excluding carboxylic acids is 2. The van der Waals surface area contributed by atoms with Gasteiger partial charge in [-0.05, 0) is 42.4 Å². The monoisotopic (exact) mass is 532 g/mol. The molecule has 1 amide bonds. The Labute approximate surface area is 229 Å². The topological polar surface area (TPSA) is 149 Å². The molecule has 0 bridgehead atoms. The van der Waals surface area contributed by atoms with Crippen LogP contribution in [-0.2, 0) is 25.5 Å². The number of aldehydes is 1. The van der Waals surface area contributed by atoms with E-state index < -0.39 is 5.41 Å². The Hall–Kier alpha value is -4.07. The van der Waals surface area contributed by atoms with Gasteiger partial charge >= 0.3 is 0 Å². The maximum absolute atomic E-state index is 12.7. The zero-order valence-electron chi connectivity index (χ0n) is 22.2. The molecule has 0 saturated heterocycles. The molecule has 1 heterocycles. The van der Waals surface area contributed by atoms with E-state index in [1.54, 1.807) is 31.6 Å². The molecule has 3 rings (SSSR count). The first kappa shape index (κ1) is 29.5. The van der Waals surface area contributed by atoms with E-state index in [2.05, 4.69) is 27.0 Å². The number of aromatic nitrogens is 1. The molecule has 206 valence electrons. The van der Waals surface area contributed by atoms with Crippen LogP contribution in [0.15, 0.2) is 48.8 Å². The van der Waals surface area contributed by atoms with Gasteiger partial charge < -0.3 is 35.6 Å². The van der Waals surface area contributed by atoms with Gasteiger partial charge in [0.05, 0.1) is 32.3 Å². The van der Waals surface area contributed by atoms with Crippen molar-refractivity contribution in [1.29, 1.82) is 10.7 Å². The number of pyridine rings is 1. The van der Waals surface area contributed by atoms with E-state index in [0.29, 0.717) is 50.7 Å². The predicted molar refractivity (Wildman–Crippen MR) is 150 cm³/mol. The lowest BCUT2D eigenvalue weighted by Gasteiger charge is -2.19. The summed E-state index contributed by atoms with van der Waals surface area (Å²) in [4.78, 5) is 28.5. The number of nitrogens with zero attached hydrogens (tertiary/aromatic N) is 2. The summed E-state index contributed by atoms with van der Waals surface area (Å²) in [6.45, 7) is 2.67. The molecule has 1 aliphatic carbocycles. The summed E-state index contributed by atoms with van der Waals surface area (Å²) >= 11 is 0. The first-order chi connectivity index (χ1) is 19.0. The zero-order chi connectivity index (χ0) is 27.9. The Kier molecular flexibility index (Phi) is 11.6. The number of methoxy groups -OCH3 is 1. The van der Waals surface area contributed by atoms with Gasteiger partial charge in [-0.2, -0.15) is 5.26 Å². The van der Waals surface area contributed by atoms with Crippen LogP contribution in [0.4, 0.5) is 11.5 Å². The number of rotatable bonds is 18. The molecular formula is C29H36N6O4. The maximum Gasteiger partial charge on any atom is 0.229 e. The first-order valence-electron chi connectivity index (χ1n) is 13.0. The van der Waals surface area contributed by atoms with Crippen LogP contribution in [0, 0.1) is 28.1 Å². The predicted octanol–water partition coefficient (Wildman–Crippen LogP) is 3.43. The minimum Gasteiger partial charge on any atom is -0.388 e. The fourth-order valence-corrected chi connectivity index (χ4v) is 4.15. The second-order valence-corrected chi connectivity index (χ2v) is 9.38. The van der Waals surface area contributed by atoms with Crippen molar-refractivity contribution in [2.24, 2.45) is 11.3 Å². The first-order valence-corrected chi connectivity index (χ1v) is 13.0. The summed E-state index contributed by atoms with van der Waals surface area (Å²) in [7, 11) is 1.63. The van der Waals surface area contributed by atoms with Gasteiger partial charge in [0.1, 0.15) is 17.5 Å². The van der Waals surface area contributed by atoms with Gasteiger partial charge in [-0.1, -0.05) is 24.3 Å². The molecule has 1 unspecified atom stereocenters. The van der Waals surface area contributed by atoms with Crippen LogP contribution in [0.2, 0.25) is 0 Å². The number of hydrogen-bond donors (Lipinski definition) is 4. The third kappa shape index (κ3) is 9.32. The van der Waals surface area contributed by atoms with E-state index >= 15 is 0 Å². The summed E-state index contributed by atoms with van der Waals surface area (Å²) in [5, 5.41) is 26.5. The summed E-state index contributed by atoms with van der Waals surface area (Å²) in [5.41, 5.74) is 2.13. The molecule has 1 aromatic carbocycles. The number of nitriles is 1. The minimum atomic E-state index is -0.924. The van der Waals surface area contributed by atoms with E-state index in [1.807, 2.05) is 24.3 Å². The van der Waals surface area contributed by atoms with Crippen molar-refractivity contribution in [2.45, 2.75) is 25.7 Å². The minimum absolute atomic E-state index is 0.143. The quantitative estimate of drug-likeness (QED) is 0.130. The van der Waals surface area contributed by atoms with Crippen LogP contribution in [-0.4, -0.2) is 63.4 Å². The molecule has 4 N–H and O–H groups in total. The van der Waals surface area contributed by atoms with E-state index in [0.717, 1.165) is 35.9 Å². The third-order valence-corrected chi connectivity index (χ3v) is 6.48. The average Bonchev–Trinajstić information content (AvgIpc) is 3.79. The van der Waals surface area contributed by atoms with Gasteiger partial charge in [0.25, 0.3) is 0 Å². The molecule has 1 saturated carbocycles. The summed E-state index contributed by atoms with van der Waals surface area (Å²) in [5.74, 6) is 0.337. The highest BCUT2D eigenvalue weighted by atomic mass is 16.5. The zero-order valence-corrected chi connectivity index (χ0v) is 22.2. The second kappa shape index (κ2) is 15.4. The van der Waals surface area contributed by atoms with Gasteiger partial charge in [-0.3, -0.25) is 4.79 Å². The van der Waals surface area contributed by atoms with E-state index in [-0.39, 0.29) is 18.2 Å². The van der Waals surface area contributed by atoms with Gasteiger partial charge in [-0.25, -0.2) is 4.98 Å². The van der Waals surface area contributed by atoms with Crippen LogP contribution < -0.4 is 16.0 Å². The maximum atomic E-state index is 12.7. The highest BCUT2D eigenvalue weighted by molar-refractivity contribution is 6.08. The second-order valence-electron chi connectivity index (χ2n) is 9.38. The van der Waals surface area contributed by atoms with Gasteiger partial charge in [0.15, 0.2) is 0 Å². The Morgan fingerprint density at radius 1 is 1.23 bits per heavy atom. The molecule has 0 spiro atoms. The van der Waals surface area contributed by atoms with Crippen molar-refractivity contribution >= 4 is 35.5 Å². The molecule has 1 aromatic heterocycles.